The maximum Gasteiger partial charge on any atom is 0.173 e. The molecule has 0 heterocycles. The van der Waals surface area contributed by atoms with E-state index in [0.29, 0.717) is 12.1 Å². The molecule has 0 spiro atoms. The Hall–Kier alpha value is -2.08. The Balaban J connectivity index is 2.20. The summed E-state index contributed by atoms with van der Waals surface area (Å²) in [5, 5.41) is 14.6. The summed E-state index contributed by atoms with van der Waals surface area (Å²) in [6.45, 7) is 2.28. The minimum atomic E-state index is -0.494. The van der Waals surface area contributed by atoms with E-state index in [2.05, 4.69) is 26.4 Å². The second kappa shape index (κ2) is 6.58. The zero-order chi connectivity index (χ0) is 15.4. The van der Waals surface area contributed by atoms with E-state index in [1.54, 1.807) is 12.1 Å². The molecule has 0 fully saturated rings. The predicted octanol–water partition coefficient (Wildman–Crippen LogP) is 3.60. The van der Waals surface area contributed by atoms with Crippen molar-refractivity contribution in [1.29, 1.82) is 0 Å². The maximum atomic E-state index is 14.3. The highest BCUT2D eigenvalue weighted by molar-refractivity contribution is 9.10. The molecule has 0 atom stereocenters. The van der Waals surface area contributed by atoms with Gasteiger partial charge in [-0.05, 0) is 36.8 Å². The number of halogens is 2. The first-order chi connectivity index (χ1) is 10.0. The lowest BCUT2D eigenvalue weighted by atomic mass is 10.1. The third-order valence-electron chi connectivity index (χ3n) is 2.99. The second-order valence-corrected chi connectivity index (χ2v) is 5.55. The van der Waals surface area contributed by atoms with Gasteiger partial charge in [-0.1, -0.05) is 33.2 Å². The van der Waals surface area contributed by atoms with E-state index in [-0.39, 0.29) is 11.4 Å². The molecule has 110 valence electrons. The highest BCUT2D eigenvalue weighted by Crippen LogP contribution is 2.20. The molecular weight excluding hydrogens is 337 g/mol. The summed E-state index contributed by atoms with van der Waals surface area (Å²) in [5.41, 5.74) is 7.95. The number of nitrogens with two attached hydrogens (primary N) is 1. The molecule has 2 aromatic rings. The summed E-state index contributed by atoms with van der Waals surface area (Å²) < 4.78 is 15.2. The molecule has 0 amide bonds. The highest BCUT2D eigenvalue weighted by atomic mass is 79.9. The Morgan fingerprint density at radius 3 is 2.81 bits per heavy atom. The Morgan fingerprint density at radius 1 is 1.38 bits per heavy atom. The lowest BCUT2D eigenvalue weighted by Crippen LogP contribution is -2.16. The zero-order valence-electron chi connectivity index (χ0n) is 11.4. The molecule has 4 N–H and O–H groups in total. The highest BCUT2D eigenvalue weighted by Gasteiger charge is 2.11. The van der Waals surface area contributed by atoms with Crippen LogP contribution in [0.25, 0.3) is 0 Å². The van der Waals surface area contributed by atoms with E-state index in [0.717, 1.165) is 15.7 Å². The fourth-order valence-electron chi connectivity index (χ4n) is 2.00. The van der Waals surface area contributed by atoms with Crippen LogP contribution in [0.5, 0.6) is 0 Å². The van der Waals surface area contributed by atoms with Crippen LogP contribution in [-0.4, -0.2) is 11.0 Å². The number of anilines is 1. The van der Waals surface area contributed by atoms with E-state index in [9.17, 15) is 4.39 Å². The Morgan fingerprint density at radius 2 is 2.14 bits per heavy atom. The Kier molecular flexibility index (Phi) is 4.80. The summed E-state index contributed by atoms with van der Waals surface area (Å²) in [4.78, 5) is 0. The molecule has 0 aliphatic rings. The number of oxime groups is 1. The molecule has 21 heavy (non-hydrogen) atoms. The largest absolute Gasteiger partial charge is 0.409 e. The lowest BCUT2D eigenvalue weighted by molar-refractivity contribution is 0.318. The number of hydrogen-bond donors (Lipinski definition) is 3. The molecule has 0 unspecified atom stereocenters. The molecule has 0 aliphatic carbocycles. The molecule has 4 nitrogen and oxygen atoms in total. The number of nitrogens with zero attached hydrogens (tertiary/aromatic N) is 1. The average Bonchev–Trinajstić information content (AvgIpc) is 2.44. The number of benzene rings is 2. The SMILES string of the molecule is Cc1cc(Br)cc(NCc2cccc(/C(N)=N/O)c2F)c1. The molecular formula is C15H15BrFN3O. The van der Waals surface area contributed by atoms with Crippen molar-refractivity contribution in [1.82, 2.24) is 0 Å². The van der Waals surface area contributed by atoms with Gasteiger partial charge in [0.25, 0.3) is 0 Å². The van der Waals surface area contributed by atoms with Gasteiger partial charge in [-0.2, -0.15) is 0 Å². The minimum absolute atomic E-state index is 0.0854. The summed E-state index contributed by atoms with van der Waals surface area (Å²) in [6.07, 6.45) is 0. The molecule has 0 saturated heterocycles. The van der Waals surface area contributed by atoms with Gasteiger partial charge >= 0.3 is 0 Å². The molecule has 6 heteroatoms. The average molecular weight is 352 g/mol. The van der Waals surface area contributed by atoms with Crippen LogP contribution >= 0.6 is 15.9 Å². The maximum absolute atomic E-state index is 14.3. The number of hydrogen-bond acceptors (Lipinski definition) is 3. The zero-order valence-corrected chi connectivity index (χ0v) is 13.0. The van der Waals surface area contributed by atoms with Crippen molar-refractivity contribution in [3.05, 3.63) is 63.4 Å². The van der Waals surface area contributed by atoms with Gasteiger partial charge in [-0.3, -0.25) is 0 Å². The van der Waals surface area contributed by atoms with Crippen LogP contribution in [0.2, 0.25) is 0 Å². The number of aryl methyl sites for hydroxylation is 1. The fourth-order valence-corrected chi connectivity index (χ4v) is 2.61. The van der Waals surface area contributed by atoms with E-state index < -0.39 is 5.82 Å². The molecule has 0 aliphatic heterocycles. The van der Waals surface area contributed by atoms with Crippen molar-refractivity contribution in [3.63, 3.8) is 0 Å². The van der Waals surface area contributed by atoms with E-state index in [1.807, 2.05) is 25.1 Å². The van der Waals surface area contributed by atoms with E-state index >= 15 is 0 Å². The van der Waals surface area contributed by atoms with Gasteiger partial charge in [0.1, 0.15) is 5.82 Å². The fraction of sp³-hybridized carbons (Fsp3) is 0.133. The molecule has 0 bridgehead atoms. The third-order valence-corrected chi connectivity index (χ3v) is 3.45. The van der Waals surface area contributed by atoms with Crippen LogP contribution in [-0.2, 0) is 6.54 Å². The van der Waals surface area contributed by atoms with Crippen molar-refractivity contribution >= 4 is 27.5 Å². The van der Waals surface area contributed by atoms with Gasteiger partial charge in [0.15, 0.2) is 5.84 Å². The molecule has 0 saturated carbocycles. The van der Waals surface area contributed by atoms with Crippen molar-refractivity contribution < 1.29 is 9.60 Å². The van der Waals surface area contributed by atoms with Gasteiger partial charge in [-0.25, -0.2) is 4.39 Å². The number of rotatable bonds is 4. The number of nitrogens with one attached hydrogen (secondary N) is 1. The minimum Gasteiger partial charge on any atom is -0.409 e. The van der Waals surface area contributed by atoms with Crippen LogP contribution in [0.3, 0.4) is 0 Å². The quantitative estimate of drug-likeness (QED) is 0.341. The standard InChI is InChI=1S/C15H15BrFN3O/c1-9-5-11(16)7-12(6-9)19-8-10-3-2-4-13(14(10)17)15(18)20-21/h2-7,19,21H,8H2,1H3,(H2,18,20). The van der Waals surface area contributed by atoms with Crippen molar-refractivity contribution in [2.45, 2.75) is 13.5 Å². The smallest absolute Gasteiger partial charge is 0.173 e. The summed E-state index contributed by atoms with van der Waals surface area (Å²) >= 11 is 3.42. The molecule has 0 aromatic heterocycles. The number of amidine groups is 1. The predicted molar refractivity (Wildman–Crippen MR) is 85.1 cm³/mol. The van der Waals surface area contributed by atoms with Crippen LogP contribution in [0, 0.1) is 12.7 Å². The van der Waals surface area contributed by atoms with Gasteiger partial charge in [0.2, 0.25) is 0 Å². The van der Waals surface area contributed by atoms with Crippen LogP contribution in [0.4, 0.5) is 10.1 Å². The topological polar surface area (TPSA) is 70.6 Å². The van der Waals surface area contributed by atoms with Crippen LogP contribution in [0.1, 0.15) is 16.7 Å². The third kappa shape index (κ3) is 3.72. The van der Waals surface area contributed by atoms with Crippen molar-refractivity contribution in [2.24, 2.45) is 10.9 Å². The lowest BCUT2D eigenvalue weighted by Gasteiger charge is -2.11. The van der Waals surface area contributed by atoms with Crippen molar-refractivity contribution in [2.75, 3.05) is 5.32 Å². The summed E-state index contributed by atoms with van der Waals surface area (Å²) in [5.74, 6) is -0.736. The Labute approximate surface area is 130 Å². The monoisotopic (exact) mass is 351 g/mol. The van der Waals surface area contributed by atoms with Crippen LogP contribution < -0.4 is 11.1 Å². The first kappa shape index (κ1) is 15.3. The molecule has 0 radical (unpaired) electrons. The van der Waals surface area contributed by atoms with Gasteiger partial charge in [-0.15, -0.1) is 0 Å². The first-order valence-corrected chi connectivity index (χ1v) is 7.07. The van der Waals surface area contributed by atoms with Gasteiger partial charge in [0.05, 0.1) is 5.56 Å². The molecule has 2 aromatic carbocycles. The van der Waals surface area contributed by atoms with Gasteiger partial charge < -0.3 is 16.3 Å². The Bertz CT molecular complexity index is 668. The molecule has 2 rings (SSSR count). The normalized spacial score (nSPS) is 11.5. The first-order valence-electron chi connectivity index (χ1n) is 6.27. The van der Waals surface area contributed by atoms with E-state index in [4.69, 9.17) is 10.9 Å². The van der Waals surface area contributed by atoms with Crippen molar-refractivity contribution in [3.8, 4) is 0 Å². The summed E-state index contributed by atoms with van der Waals surface area (Å²) in [7, 11) is 0. The second-order valence-electron chi connectivity index (χ2n) is 4.63. The van der Waals surface area contributed by atoms with Crippen LogP contribution in [0.15, 0.2) is 46.0 Å². The summed E-state index contributed by atoms with van der Waals surface area (Å²) in [6, 6.07) is 10.7. The van der Waals surface area contributed by atoms with Gasteiger partial charge in [0, 0.05) is 22.3 Å². The van der Waals surface area contributed by atoms with E-state index in [1.165, 1.54) is 6.07 Å².